The molecule has 16 heavy (non-hydrogen) atoms. The maximum absolute atomic E-state index is 13.5. The van der Waals surface area contributed by atoms with Gasteiger partial charge in [-0.05, 0) is 22.0 Å². The quantitative estimate of drug-likeness (QED) is 0.877. The molecule has 6 heteroatoms. The lowest BCUT2D eigenvalue weighted by atomic mass is 10.1. The van der Waals surface area contributed by atoms with Crippen molar-refractivity contribution >= 4 is 32.7 Å². The Morgan fingerprint density at radius 3 is 2.69 bits per heavy atom. The van der Waals surface area contributed by atoms with Crippen molar-refractivity contribution in [2.45, 2.75) is 0 Å². The number of carboxylic acid groups (broad SMARTS) is 1. The van der Waals surface area contributed by atoms with Gasteiger partial charge >= 0.3 is 5.97 Å². The fourth-order valence-electron chi connectivity index (χ4n) is 1.43. The summed E-state index contributed by atoms with van der Waals surface area (Å²) in [6.07, 6.45) is 1.17. The van der Waals surface area contributed by atoms with Gasteiger partial charge in [0.2, 0.25) is 0 Å². The van der Waals surface area contributed by atoms with Crippen LogP contribution in [0.1, 0.15) is 10.5 Å². The van der Waals surface area contributed by atoms with Crippen LogP contribution in [-0.4, -0.2) is 16.1 Å². The van der Waals surface area contributed by atoms with Gasteiger partial charge in [-0.25, -0.2) is 18.6 Å². The third-order valence-corrected chi connectivity index (χ3v) is 2.66. The van der Waals surface area contributed by atoms with Crippen molar-refractivity contribution in [3.8, 4) is 0 Å². The maximum Gasteiger partial charge on any atom is 0.355 e. The number of hydrogen-bond acceptors (Lipinski definition) is 2. The lowest BCUT2D eigenvalue weighted by Gasteiger charge is -2.05. The number of fused-ring (bicyclic) bond motifs is 1. The summed E-state index contributed by atoms with van der Waals surface area (Å²) in [6.45, 7) is 0. The Morgan fingerprint density at radius 2 is 2.06 bits per heavy atom. The molecule has 0 saturated carbocycles. The maximum atomic E-state index is 13.5. The van der Waals surface area contributed by atoms with Crippen molar-refractivity contribution in [3.63, 3.8) is 0 Å². The molecule has 2 rings (SSSR count). The van der Waals surface area contributed by atoms with Gasteiger partial charge in [-0.1, -0.05) is 0 Å². The summed E-state index contributed by atoms with van der Waals surface area (Å²) in [5.41, 5.74) is -0.378. The van der Waals surface area contributed by atoms with E-state index in [4.69, 9.17) is 5.11 Å². The van der Waals surface area contributed by atoms with Crippen molar-refractivity contribution in [1.29, 1.82) is 0 Å². The Labute approximate surface area is 96.9 Å². The van der Waals surface area contributed by atoms with Crippen molar-refractivity contribution in [2.75, 3.05) is 0 Å². The molecule has 0 radical (unpaired) electrons. The van der Waals surface area contributed by atoms with Crippen LogP contribution in [0.25, 0.3) is 10.8 Å². The monoisotopic (exact) mass is 287 g/mol. The van der Waals surface area contributed by atoms with Gasteiger partial charge in [-0.2, -0.15) is 0 Å². The number of carboxylic acids is 1. The first-order valence-corrected chi connectivity index (χ1v) is 4.96. The predicted molar refractivity (Wildman–Crippen MR) is 56.3 cm³/mol. The van der Waals surface area contributed by atoms with E-state index in [-0.39, 0.29) is 20.9 Å². The Hall–Kier alpha value is -1.56. The fourth-order valence-corrected chi connectivity index (χ4v) is 1.93. The van der Waals surface area contributed by atoms with Gasteiger partial charge in [0.1, 0.15) is 11.6 Å². The Morgan fingerprint density at radius 1 is 1.38 bits per heavy atom. The number of carbonyl (C=O) groups is 1. The summed E-state index contributed by atoms with van der Waals surface area (Å²) < 4.78 is 26.7. The molecule has 1 aromatic carbocycles. The van der Waals surface area contributed by atoms with Crippen LogP contribution in [0.15, 0.2) is 22.8 Å². The molecular weight excluding hydrogens is 284 g/mol. The third kappa shape index (κ3) is 1.65. The van der Waals surface area contributed by atoms with E-state index >= 15 is 0 Å². The molecule has 0 fully saturated rings. The first kappa shape index (κ1) is 10.9. The zero-order chi connectivity index (χ0) is 11.9. The molecule has 1 N–H and O–H groups in total. The highest BCUT2D eigenvalue weighted by Crippen LogP contribution is 2.28. The molecule has 0 atom stereocenters. The van der Waals surface area contributed by atoms with Crippen LogP contribution in [0.5, 0.6) is 0 Å². The second-order valence-electron chi connectivity index (χ2n) is 3.07. The second kappa shape index (κ2) is 3.79. The largest absolute Gasteiger partial charge is 0.476 e. The van der Waals surface area contributed by atoms with E-state index in [2.05, 4.69) is 20.9 Å². The first-order valence-electron chi connectivity index (χ1n) is 4.17. The predicted octanol–water partition coefficient (Wildman–Crippen LogP) is 2.97. The number of aromatic carboxylic acids is 1. The molecule has 0 amide bonds. The van der Waals surface area contributed by atoms with Gasteiger partial charge in [0.05, 0.1) is 0 Å². The molecule has 82 valence electrons. The van der Waals surface area contributed by atoms with Gasteiger partial charge in [-0.15, -0.1) is 0 Å². The molecular formula is C10H4BrF2NO2. The zero-order valence-corrected chi connectivity index (χ0v) is 9.25. The Kier molecular flexibility index (Phi) is 2.59. The molecule has 0 saturated heterocycles. The van der Waals surface area contributed by atoms with E-state index in [0.29, 0.717) is 6.07 Å². The average Bonchev–Trinajstić information content (AvgIpc) is 2.15. The lowest BCUT2D eigenvalue weighted by molar-refractivity contribution is 0.0693. The van der Waals surface area contributed by atoms with Crippen molar-refractivity contribution in [1.82, 2.24) is 4.98 Å². The van der Waals surface area contributed by atoms with Crippen molar-refractivity contribution in [2.24, 2.45) is 0 Å². The van der Waals surface area contributed by atoms with E-state index < -0.39 is 17.6 Å². The summed E-state index contributed by atoms with van der Waals surface area (Å²) in [7, 11) is 0. The molecule has 1 aromatic heterocycles. The van der Waals surface area contributed by atoms with Gasteiger partial charge in [0.25, 0.3) is 0 Å². The minimum Gasteiger partial charge on any atom is -0.476 e. The smallest absolute Gasteiger partial charge is 0.355 e. The summed E-state index contributed by atoms with van der Waals surface area (Å²) in [6, 6.07) is 1.64. The highest BCUT2D eigenvalue weighted by atomic mass is 79.9. The molecule has 0 unspecified atom stereocenters. The van der Waals surface area contributed by atoms with Crippen LogP contribution in [0.3, 0.4) is 0 Å². The summed E-state index contributed by atoms with van der Waals surface area (Å²) in [4.78, 5) is 14.4. The van der Waals surface area contributed by atoms with Gasteiger partial charge in [0, 0.05) is 27.5 Å². The Balaban J connectivity index is 2.98. The zero-order valence-electron chi connectivity index (χ0n) is 7.67. The first-order chi connectivity index (χ1) is 7.50. The van der Waals surface area contributed by atoms with E-state index in [1.54, 1.807) is 0 Å². The molecule has 0 aliphatic rings. The van der Waals surface area contributed by atoms with E-state index in [0.717, 1.165) is 6.07 Å². The topological polar surface area (TPSA) is 50.2 Å². The highest BCUT2D eigenvalue weighted by Gasteiger charge is 2.16. The van der Waals surface area contributed by atoms with Crippen LogP contribution < -0.4 is 0 Å². The number of halogens is 3. The standard InChI is InChI=1S/C10H4BrF2NO2/c11-6-3-14-9(10(15)16)5-1-4(12)2-7(13)8(5)6/h1-3H,(H,15,16). The number of rotatable bonds is 1. The highest BCUT2D eigenvalue weighted by molar-refractivity contribution is 9.10. The normalized spacial score (nSPS) is 10.7. The van der Waals surface area contributed by atoms with Crippen LogP contribution >= 0.6 is 15.9 Å². The SMILES string of the molecule is O=C(O)c1ncc(Br)c2c(F)cc(F)cc12. The van der Waals surface area contributed by atoms with E-state index in [1.165, 1.54) is 6.20 Å². The number of benzene rings is 1. The number of hydrogen-bond donors (Lipinski definition) is 1. The Bertz CT molecular complexity index is 601. The van der Waals surface area contributed by atoms with Crippen molar-refractivity contribution in [3.05, 3.63) is 40.1 Å². The third-order valence-electron chi connectivity index (χ3n) is 2.06. The minimum atomic E-state index is -1.33. The molecule has 1 heterocycles. The minimum absolute atomic E-state index is 0.00815. The average molecular weight is 288 g/mol. The number of pyridine rings is 1. The van der Waals surface area contributed by atoms with E-state index in [1.807, 2.05) is 0 Å². The van der Waals surface area contributed by atoms with Crippen LogP contribution in [0.4, 0.5) is 8.78 Å². The lowest BCUT2D eigenvalue weighted by Crippen LogP contribution is -2.02. The molecule has 0 bridgehead atoms. The van der Waals surface area contributed by atoms with Gasteiger partial charge in [0.15, 0.2) is 5.69 Å². The van der Waals surface area contributed by atoms with E-state index in [9.17, 15) is 13.6 Å². The van der Waals surface area contributed by atoms with Gasteiger partial charge < -0.3 is 5.11 Å². The fraction of sp³-hybridized carbons (Fsp3) is 0. The van der Waals surface area contributed by atoms with Crippen LogP contribution in [-0.2, 0) is 0 Å². The van der Waals surface area contributed by atoms with Crippen molar-refractivity contribution < 1.29 is 18.7 Å². The van der Waals surface area contributed by atoms with Crippen LogP contribution in [0.2, 0.25) is 0 Å². The second-order valence-corrected chi connectivity index (χ2v) is 3.92. The number of nitrogens with zero attached hydrogens (tertiary/aromatic N) is 1. The molecule has 0 aliphatic heterocycles. The molecule has 2 aromatic rings. The van der Waals surface area contributed by atoms with Crippen LogP contribution in [0, 0.1) is 11.6 Å². The molecule has 0 aliphatic carbocycles. The number of aromatic nitrogens is 1. The molecule has 3 nitrogen and oxygen atoms in total. The summed E-state index contributed by atoms with van der Waals surface area (Å²) >= 11 is 3.04. The van der Waals surface area contributed by atoms with Gasteiger partial charge in [-0.3, -0.25) is 0 Å². The summed E-state index contributed by atoms with van der Waals surface area (Å²) in [5.74, 6) is -3.00. The summed E-state index contributed by atoms with van der Waals surface area (Å²) in [5, 5.41) is 8.77. The molecule has 0 spiro atoms.